The molecule has 2 aromatic heterocycles. The van der Waals surface area contributed by atoms with E-state index in [1.165, 1.54) is 6.33 Å². The van der Waals surface area contributed by atoms with Gasteiger partial charge >= 0.3 is 0 Å². The van der Waals surface area contributed by atoms with Gasteiger partial charge in [-0.2, -0.15) is 0 Å². The van der Waals surface area contributed by atoms with Crippen LogP contribution in [0.4, 0.5) is 5.82 Å². The van der Waals surface area contributed by atoms with Gasteiger partial charge in [0.25, 0.3) is 0 Å². The van der Waals surface area contributed by atoms with E-state index in [4.69, 9.17) is 21.3 Å². The Morgan fingerprint density at radius 2 is 2.08 bits per heavy atom. The first-order chi connectivity index (χ1) is 11.6. The molecule has 0 bridgehead atoms. The first-order valence-corrected chi connectivity index (χ1v) is 11.3. The molecule has 1 saturated heterocycles. The molecule has 0 unspecified atom stereocenters. The molecule has 25 heavy (non-hydrogen) atoms. The summed E-state index contributed by atoms with van der Waals surface area (Å²) >= 11 is 0. The van der Waals surface area contributed by atoms with Crippen molar-refractivity contribution in [3.05, 3.63) is 12.7 Å². The van der Waals surface area contributed by atoms with Crippen LogP contribution in [0.15, 0.2) is 12.7 Å². The average Bonchev–Trinajstić information content (AvgIpc) is 3.10. The monoisotopic (exact) mass is 359 g/mol. The summed E-state index contributed by atoms with van der Waals surface area (Å²) in [5.74, 6) is 3.07. The molecule has 1 fully saturated rings. The Bertz CT molecular complexity index is 821. The summed E-state index contributed by atoms with van der Waals surface area (Å²) in [6.07, 6.45) is 8.62. The fourth-order valence-corrected chi connectivity index (χ4v) is 4.04. The Morgan fingerprint density at radius 1 is 1.36 bits per heavy atom. The summed E-state index contributed by atoms with van der Waals surface area (Å²) in [4.78, 5) is 12.6. The fraction of sp³-hybridized carbons (Fsp3) is 0.588. The quantitative estimate of drug-likeness (QED) is 0.670. The minimum atomic E-state index is -1.95. The zero-order valence-corrected chi connectivity index (χ0v) is 16.4. The van der Waals surface area contributed by atoms with Crippen LogP contribution in [0.25, 0.3) is 11.2 Å². The summed E-state index contributed by atoms with van der Waals surface area (Å²) < 4.78 is 14.4. The third-order valence-corrected chi connectivity index (χ3v) is 9.69. The van der Waals surface area contributed by atoms with Crippen molar-refractivity contribution in [1.29, 1.82) is 0 Å². The molecule has 0 saturated carbocycles. The van der Waals surface area contributed by atoms with Gasteiger partial charge in [0.2, 0.25) is 0 Å². The van der Waals surface area contributed by atoms with Crippen LogP contribution in [0.3, 0.4) is 0 Å². The SMILES string of the molecule is C#C[C@H]1O[C@@H](n2cnc3c(N)ncnc32)C[C@@H]1O[Si](C)(C)C(C)(C)C. The molecule has 1 aliphatic rings. The van der Waals surface area contributed by atoms with Crippen LogP contribution in [0.2, 0.25) is 18.1 Å². The van der Waals surface area contributed by atoms with Gasteiger partial charge in [0.1, 0.15) is 24.2 Å². The zero-order chi connectivity index (χ0) is 18.4. The van der Waals surface area contributed by atoms with Gasteiger partial charge in [-0.15, -0.1) is 6.42 Å². The topological polar surface area (TPSA) is 88.1 Å². The Kier molecular flexibility index (Phi) is 4.35. The average molecular weight is 360 g/mol. The second kappa shape index (κ2) is 6.09. The highest BCUT2D eigenvalue weighted by atomic mass is 28.4. The number of aromatic nitrogens is 4. The smallest absolute Gasteiger partial charge is 0.192 e. The maximum absolute atomic E-state index is 6.51. The standard InChI is InChI=1S/C17H25N5O2Si/c1-7-11-12(24-25(5,6)17(2,3)4)8-13(23-11)22-10-21-14-15(18)19-9-20-16(14)22/h1,9-13H,8H2,2-6H3,(H2,18,19,20)/t11-,12+,13-/m1/s1. The van der Waals surface area contributed by atoms with E-state index in [2.05, 4.69) is 54.7 Å². The summed E-state index contributed by atoms with van der Waals surface area (Å²) in [6.45, 7) is 11.1. The number of rotatable bonds is 3. The van der Waals surface area contributed by atoms with E-state index in [1.54, 1.807) is 6.33 Å². The highest BCUT2D eigenvalue weighted by Gasteiger charge is 2.44. The Balaban J connectivity index is 1.86. The Morgan fingerprint density at radius 3 is 2.72 bits per heavy atom. The molecule has 0 spiro atoms. The van der Waals surface area contributed by atoms with Gasteiger partial charge in [-0.1, -0.05) is 26.7 Å². The highest BCUT2D eigenvalue weighted by Crippen LogP contribution is 2.41. The maximum Gasteiger partial charge on any atom is 0.192 e. The number of nitrogens with zero attached hydrogens (tertiary/aromatic N) is 4. The number of nitrogen functional groups attached to an aromatic ring is 1. The number of hydrogen-bond donors (Lipinski definition) is 1. The number of hydrogen-bond acceptors (Lipinski definition) is 6. The van der Waals surface area contributed by atoms with Gasteiger partial charge in [-0.25, -0.2) is 15.0 Å². The van der Waals surface area contributed by atoms with E-state index in [0.717, 1.165) is 0 Å². The molecule has 8 heteroatoms. The molecule has 0 amide bonds. The van der Waals surface area contributed by atoms with E-state index in [0.29, 0.717) is 23.4 Å². The van der Waals surface area contributed by atoms with Crippen LogP contribution >= 0.6 is 0 Å². The van der Waals surface area contributed by atoms with Crippen molar-refractivity contribution < 1.29 is 9.16 Å². The van der Waals surface area contributed by atoms with Gasteiger partial charge in [-0.3, -0.25) is 4.57 Å². The number of nitrogens with two attached hydrogens (primary N) is 1. The normalized spacial score (nSPS) is 24.6. The molecule has 7 nitrogen and oxygen atoms in total. The summed E-state index contributed by atoms with van der Waals surface area (Å²) in [5, 5.41) is 0.105. The van der Waals surface area contributed by atoms with E-state index in [9.17, 15) is 0 Å². The second-order valence-electron chi connectivity index (χ2n) is 7.91. The molecule has 2 aromatic rings. The highest BCUT2D eigenvalue weighted by molar-refractivity contribution is 6.74. The van der Waals surface area contributed by atoms with Crippen molar-refractivity contribution in [3.63, 3.8) is 0 Å². The number of terminal acetylenes is 1. The van der Waals surface area contributed by atoms with Crippen LogP contribution in [0.5, 0.6) is 0 Å². The first kappa shape index (κ1) is 17.9. The third-order valence-electron chi connectivity index (χ3n) is 5.19. The predicted molar refractivity (Wildman–Crippen MR) is 99.2 cm³/mol. The molecule has 3 heterocycles. The minimum absolute atomic E-state index is 0.105. The van der Waals surface area contributed by atoms with Gasteiger partial charge in [-0.05, 0) is 18.1 Å². The number of fused-ring (bicyclic) bond motifs is 1. The van der Waals surface area contributed by atoms with Crippen molar-refractivity contribution >= 4 is 25.3 Å². The lowest BCUT2D eigenvalue weighted by Crippen LogP contribution is -2.45. The number of anilines is 1. The molecule has 2 N–H and O–H groups in total. The number of ether oxygens (including phenoxy) is 1. The molecular weight excluding hydrogens is 334 g/mol. The molecular formula is C17H25N5O2Si. The van der Waals surface area contributed by atoms with Crippen LogP contribution in [0.1, 0.15) is 33.4 Å². The van der Waals surface area contributed by atoms with E-state index < -0.39 is 14.4 Å². The van der Waals surface area contributed by atoms with Gasteiger partial charge in [0.15, 0.2) is 19.8 Å². The van der Waals surface area contributed by atoms with E-state index in [1.807, 2.05) is 4.57 Å². The van der Waals surface area contributed by atoms with Gasteiger partial charge in [0, 0.05) is 6.42 Å². The molecule has 3 atom stereocenters. The second-order valence-corrected chi connectivity index (χ2v) is 12.7. The molecule has 0 radical (unpaired) electrons. The van der Waals surface area contributed by atoms with Crippen molar-refractivity contribution in [2.75, 3.05) is 5.73 Å². The van der Waals surface area contributed by atoms with Crippen LogP contribution in [-0.4, -0.2) is 40.0 Å². The van der Waals surface area contributed by atoms with Crippen molar-refractivity contribution in [2.45, 2.75) is 63.8 Å². The minimum Gasteiger partial charge on any atom is -0.410 e. The molecule has 0 aliphatic carbocycles. The van der Waals surface area contributed by atoms with Crippen molar-refractivity contribution in [3.8, 4) is 12.3 Å². The lowest BCUT2D eigenvalue weighted by atomic mass is 10.2. The zero-order valence-electron chi connectivity index (χ0n) is 15.4. The van der Waals surface area contributed by atoms with Gasteiger partial charge in [0.05, 0.1) is 12.4 Å². The molecule has 1 aliphatic heterocycles. The Labute approximate surface area is 149 Å². The lowest BCUT2D eigenvalue weighted by molar-refractivity contribution is 0.0157. The van der Waals surface area contributed by atoms with Gasteiger partial charge < -0.3 is 14.9 Å². The lowest BCUT2D eigenvalue weighted by Gasteiger charge is -2.38. The third kappa shape index (κ3) is 3.15. The first-order valence-electron chi connectivity index (χ1n) is 8.36. The predicted octanol–water partition coefficient (Wildman–Crippen LogP) is 2.72. The molecule has 0 aromatic carbocycles. The van der Waals surface area contributed by atoms with E-state index in [-0.39, 0.29) is 17.4 Å². The summed E-state index contributed by atoms with van der Waals surface area (Å²) in [7, 11) is -1.95. The number of imidazole rings is 1. The maximum atomic E-state index is 6.51. The summed E-state index contributed by atoms with van der Waals surface area (Å²) in [5.41, 5.74) is 7.07. The Hall–Kier alpha value is -1.95. The largest absolute Gasteiger partial charge is 0.410 e. The molecule has 134 valence electrons. The van der Waals surface area contributed by atoms with Crippen LogP contribution < -0.4 is 5.73 Å². The molecule has 3 rings (SSSR count). The fourth-order valence-electron chi connectivity index (χ4n) is 2.71. The van der Waals surface area contributed by atoms with Crippen LogP contribution in [-0.2, 0) is 9.16 Å². The van der Waals surface area contributed by atoms with Crippen molar-refractivity contribution in [2.24, 2.45) is 0 Å². The van der Waals surface area contributed by atoms with E-state index >= 15 is 0 Å². The van der Waals surface area contributed by atoms with Crippen LogP contribution in [0, 0.1) is 12.3 Å². The summed E-state index contributed by atoms with van der Waals surface area (Å²) in [6, 6.07) is 0. The van der Waals surface area contributed by atoms with Crippen molar-refractivity contribution in [1.82, 2.24) is 19.5 Å².